The fraction of sp³-hybridized carbons (Fsp3) is 0.778. The van der Waals surface area contributed by atoms with Crippen LogP contribution in [0.25, 0.3) is 0 Å². The van der Waals surface area contributed by atoms with E-state index in [0.29, 0.717) is 6.54 Å². The molecule has 2 N–H and O–H groups in total. The van der Waals surface area contributed by atoms with E-state index in [1.807, 2.05) is 0 Å². The van der Waals surface area contributed by atoms with Gasteiger partial charge in [0.1, 0.15) is 0 Å². The summed E-state index contributed by atoms with van der Waals surface area (Å²) in [4.78, 5) is 0. The van der Waals surface area contributed by atoms with Crippen LogP contribution in [0, 0.1) is 0 Å². The van der Waals surface area contributed by atoms with Crippen LogP contribution in [0.1, 0.15) is 0 Å². The van der Waals surface area contributed by atoms with Crippen LogP contribution < -0.4 is 5.73 Å². The molecule has 0 amide bonds. The smallest absolute Gasteiger partial charge is 0.0693 e. The maximum atomic E-state index is 5.88. The fourth-order valence-corrected chi connectivity index (χ4v) is 3.38. The quantitative estimate of drug-likeness (QED) is 0.567. The SMILES string of the molecule is C=CCN.Cl[C@H]1[C@H](Cl)[C@@H](Cl)[C@@H](Cl)[C@H](Cl)[C@H]1Cl. The van der Waals surface area contributed by atoms with Gasteiger partial charge in [0.15, 0.2) is 0 Å². The first-order valence-electron chi connectivity index (χ1n) is 4.53. The third-order valence-corrected chi connectivity index (χ3v) is 6.02. The first kappa shape index (κ1) is 17.4. The molecular weight excluding hydrogens is 335 g/mol. The van der Waals surface area contributed by atoms with Crippen molar-refractivity contribution in [2.24, 2.45) is 5.73 Å². The molecule has 1 aliphatic carbocycles. The van der Waals surface area contributed by atoms with Crippen molar-refractivity contribution in [1.29, 1.82) is 0 Å². The molecule has 1 saturated carbocycles. The van der Waals surface area contributed by atoms with Gasteiger partial charge in [-0.1, -0.05) is 6.08 Å². The molecule has 0 bridgehead atoms. The number of rotatable bonds is 1. The minimum atomic E-state index is -0.437. The Hall–Kier alpha value is 1.44. The summed E-state index contributed by atoms with van der Waals surface area (Å²) in [6, 6.07) is 0. The molecular formula is C9H13Cl6N. The van der Waals surface area contributed by atoms with Gasteiger partial charge in [-0.15, -0.1) is 76.2 Å². The zero-order valence-electron chi connectivity index (χ0n) is 8.30. The Morgan fingerprint density at radius 3 is 0.938 bits per heavy atom. The largest absolute Gasteiger partial charge is 0.327 e. The highest BCUT2D eigenvalue weighted by molar-refractivity contribution is 6.45. The topological polar surface area (TPSA) is 26.0 Å². The van der Waals surface area contributed by atoms with Crippen molar-refractivity contribution in [2.45, 2.75) is 32.3 Å². The molecule has 0 aromatic rings. The van der Waals surface area contributed by atoms with Crippen molar-refractivity contribution in [3.05, 3.63) is 12.7 Å². The van der Waals surface area contributed by atoms with Crippen LogP contribution >= 0.6 is 69.6 Å². The number of halogens is 6. The van der Waals surface area contributed by atoms with Crippen molar-refractivity contribution in [3.63, 3.8) is 0 Å². The molecule has 0 aromatic heterocycles. The van der Waals surface area contributed by atoms with Gasteiger partial charge in [0.05, 0.1) is 32.3 Å². The summed E-state index contributed by atoms with van der Waals surface area (Å²) in [6.45, 7) is 3.94. The van der Waals surface area contributed by atoms with Crippen LogP contribution in [0.2, 0.25) is 0 Å². The molecule has 0 aromatic carbocycles. The van der Waals surface area contributed by atoms with Crippen LogP contribution in [-0.2, 0) is 0 Å². The molecule has 1 fully saturated rings. The Morgan fingerprint density at radius 2 is 0.875 bits per heavy atom. The molecule has 0 heterocycles. The maximum absolute atomic E-state index is 5.88. The van der Waals surface area contributed by atoms with Crippen LogP contribution in [-0.4, -0.2) is 38.8 Å². The van der Waals surface area contributed by atoms with E-state index in [2.05, 4.69) is 6.58 Å². The van der Waals surface area contributed by atoms with Gasteiger partial charge in [-0.25, -0.2) is 0 Å². The molecule has 0 radical (unpaired) electrons. The third-order valence-electron chi connectivity index (χ3n) is 1.99. The van der Waals surface area contributed by atoms with E-state index in [0.717, 1.165) is 0 Å². The summed E-state index contributed by atoms with van der Waals surface area (Å²) in [6.07, 6.45) is 1.65. The molecule has 16 heavy (non-hydrogen) atoms. The Morgan fingerprint density at radius 1 is 0.750 bits per heavy atom. The van der Waals surface area contributed by atoms with Gasteiger partial charge in [-0.3, -0.25) is 0 Å². The van der Waals surface area contributed by atoms with Crippen LogP contribution in [0.3, 0.4) is 0 Å². The highest BCUT2D eigenvalue weighted by Crippen LogP contribution is 2.39. The summed E-state index contributed by atoms with van der Waals surface area (Å²) in [7, 11) is 0. The average Bonchev–Trinajstić information content (AvgIpc) is 2.31. The lowest BCUT2D eigenvalue weighted by Gasteiger charge is -2.37. The second-order valence-electron chi connectivity index (χ2n) is 3.19. The number of alkyl halides is 6. The maximum Gasteiger partial charge on any atom is 0.0693 e. The lowest BCUT2D eigenvalue weighted by Crippen LogP contribution is -2.52. The zero-order valence-corrected chi connectivity index (χ0v) is 12.8. The molecule has 1 nitrogen and oxygen atoms in total. The van der Waals surface area contributed by atoms with Crippen LogP contribution in [0.4, 0.5) is 0 Å². The van der Waals surface area contributed by atoms with Gasteiger partial charge < -0.3 is 5.73 Å². The van der Waals surface area contributed by atoms with Crippen molar-refractivity contribution in [1.82, 2.24) is 0 Å². The summed E-state index contributed by atoms with van der Waals surface area (Å²) in [5.74, 6) is 0. The molecule has 0 aliphatic heterocycles. The highest BCUT2D eigenvalue weighted by Gasteiger charge is 2.46. The van der Waals surface area contributed by atoms with Crippen LogP contribution in [0.15, 0.2) is 12.7 Å². The number of nitrogens with two attached hydrogens (primary N) is 1. The second-order valence-corrected chi connectivity index (χ2v) is 6.21. The first-order valence-corrected chi connectivity index (χ1v) is 7.15. The Kier molecular flexibility index (Phi) is 9.29. The van der Waals surface area contributed by atoms with Crippen molar-refractivity contribution < 1.29 is 0 Å². The number of hydrogen-bond donors (Lipinski definition) is 1. The lowest BCUT2D eigenvalue weighted by atomic mass is 9.97. The predicted octanol–water partition coefficient (Wildman–Crippen LogP) is 3.78. The molecule has 1 rings (SSSR count). The van der Waals surface area contributed by atoms with Crippen LogP contribution in [0.5, 0.6) is 0 Å². The molecule has 0 spiro atoms. The second kappa shape index (κ2) is 8.53. The average molecular weight is 348 g/mol. The normalized spacial score (nSPS) is 43.2. The summed E-state index contributed by atoms with van der Waals surface area (Å²) in [5, 5.41) is -2.62. The van der Waals surface area contributed by atoms with Gasteiger partial charge in [-0.2, -0.15) is 0 Å². The fourth-order valence-electron chi connectivity index (χ4n) is 1.05. The molecule has 0 atom stereocenters. The van der Waals surface area contributed by atoms with Gasteiger partial charge in [0, 0.05) is 6.54 Å². The van der Waals surface area contributed by atoms with Crippen molar-refractivity contribution in [2.75, 3.05) is 6.54 Å². The van der Waals surface area contributed by atoms with Gasteiger partial charge in [-0.05, 0) is 0 Å². The summed E-state index contributed by atoms with van der Waals surface area (Å²) >= 11 is 35.3. The van der Waals surface area contributed by atoms with Gasteiger partial charge >= 0.3 is 0 Å². The molecule has 7 heteroatoms. The molecule has 1 aliphatic rings. The van der Waals surface area contributed by atoms with E-state index in [4.69, 9.17) is 75.3 Å². The van der Waals surface area contributed by atoms with E-state index in [9.17, 15) is 0 Å². The first-order chi connectivity index (χ1) is 7.38. The third kappa shape index (κ3) is 4.61. The zero-order chi connectivity index (χ0) is 12.9. The van der Waals surface area contributed by atoms with Crippen molar-refractivity contribution >= 4 is 69.6 Å². The monoisotopic (exact) mass is 345 g/mol. The minimum absolute atomic E-state index is 0.437. The molecule has 96 valence electrons. The molecule has 0 unspecified atom stereocenters. The Labute approximate surface area is 126 Å². The highest BCUT2D eigenvalue weighted by atomic mass is 35.5. The van der Waals surface area contributed by atoms with E-state index >= 15 is 0 Å². The molecule has 0 saturated heterocycles. The summed E-state index contributed by atoms with van der Waals surface area (Å²) < 4.78 is 0. The van der Waals surface area contributed by atoms with E-state index < -0.39 is 32.3 Å². The number of hydrogen-bond acceptors (Lipinski definition) is 1. The van der Waals surface area contributed by atoms with E-state index in [1.165, 1.54) is 0 Å². The lowest BCUT2D eigenvalue weighted by molar-refractivity contribution is 0.544. The van der Waals surface area contributed by atoms with Crippen molar-refractivity contribution in [3.8, 4) is 0 Å². The van der Waals surface area contributed by atoms with E-state index in [-0.39, 0.29) is 0 Å². The van der Waals surface area contributed by atoms with E-state index in [1.54, 1.807) is 6.08 Å². The predicted molar refractivity (Wildman–Crippen MR) is 77.1 cm³/mol. The Balaban J connectivity index is 0.000000487. The standard InChI is InChI=1S/C6H6Cl6.C3H7N/c7-1-2(8)4(10)6(12)5(11)3(1)9;1-2-3-4/h1-6H;2H,1,3-4H2/t1-,2-,3-,4+,5+,6+;. The Bertz CT molecular complexity index is 156. The van der Waals surface area contributed by atoms with Gasteiger partial charge in [0.2, 0.25) is 0 Å². The van der Waals surface area contributed by atoms with Gasteiger partial charge in [0.25, 0.3) is 0 Å². The minimum Gasteiger partial charge on any atom is -0.327 e. The summed E-state index contributed by atoms with van der Waals surface area (Å²) in [5.41, 5.74) is 4.91.